The van der Waals surface area contributed by atoms with Gasteiger partial charge in [0.2, 0.25) is 0 Å². The third-order valence-electron chi connectivity index (χ3n) is 3.16. The van der Waals surface area contributed by atoms with Crippen LogP contribution in [0, 0.1) is 6.92 Å². The van der Waals surface area contributed by atoms with Gasteiger partial charge in [0, 0.05) is 22.1 Å². The standard InChI is InChI=1S/C16H17BrClN/c1-11-6-7-14(16(18)8-11)10-19-12(2)13-4-3-5-15(17)9-13/h3-9,12,19H,10H2,1-2H3. The Morgan fingerprint density at radius 1 is 1.21 bits per heavy atom. The molecule has 0 aliphatic carbocycles. The van der Waals surface area contributed by atoms with Gasteiger partial charge in [0.15, 0.2) is 0 Å². The highest BCUT2D eigenvalue weighted by Gasteiger charge is 2.06. The van der Waals surface area contributed by atoms with Crippen LogP contribution in [-0.2, 0) is 6.54 Å². The minimum Gasteiger partial charge on any atom is -0.306 e. The molecule has 1 nitrogen and oxygen atoms in total. The molecule has 0 aliphatic heterocycles. The largest absolute Gasteiger partial charge is 0.306 e. The van der Waals surface area contributed by atoms with Crippen LogP contribution in [0.25, 0.3) is 0 Å². The zero-order chi connectivity index (χ0) is 13.8. The lowest BCUT2D eigenvalue weighted by Gasteiger charge is -2.15. The zero-order valence-corrected chi connectivity index (χ0v) is 13.4. The molecular weight excluding hydrogens is 322 g/mol. The summed E-state index contributed by atoms with van der Waals surface area (Å²) in [6.45, 7) is 4.98. The average molecular weight is 339 g/mol. The van der Waals surface area contributed by atoms with Crippen molar-refractivity contribution in [2.45, 2.75) is 26.4 Å². The maximum absolute atomic E-state index is 6.24. The van der Waals surface area contributed by atoms with Crippen LogP contribution < -0.4 is 5.32 Å². The molecule has 1 N–H and O–H groups in total. The van der Waals surface area contributed by atoms with Gasteiger partial charge in [-0.05, 0) is 48.7 Å². The second-order valence-electron chi connectivity index (χ2n) is 4.75. The van der Waals surface area contributed by atoms with Crippen LogP contribution in [0.15, 0.2) is 46.9 Å². The maximum Gasteiger partial charge on any atom is 0.0453 e. The van der Waals surface area contributed by atoms with E-state index in [0.29, 0.717) is 0 Å². The third-order valence-corrected chi connectivity index (χ3v) is 4.00. The number of rotatable bonds is 4. The number of benzene rings is 2. The molecule has 0 spiro atoms. The Kier molecular flexibility index (Phi) is 5.03. The molecule has 19 heavy (non-hydrogen) atoms. The summed E-state index contributed by atoms with van der Waals surface area (Å²) in [5.41, 5.74) is 3.58. The minimum atomic E-state index is 0.287. The lowest BCUT2D eigenvalue weighted by atomic mass is 10.1. The van der Waals surface area contributed by atoms with Gasteiger partial charge in [0.1, 0.15) is 0 Å². The summed E-state index contributed by atoms with van der Waals surface area (Å²) in [7, 11) is 0. The van der Waals surface area contributed by atoms with Gasteiger partial charge in [0.25, 0.3) is 0 Å². The predicted octanol–water partition coefficient (Wildman–Crippen LogP) is 5.26. The smallest absolute Gasteiger partial charge is 0.0453 e. The topological polar surface area (TPSA) is 12.0 Å². The molecule has 1 unspecified atom stereocenters. The fourth-order valence-electron chi connectivity index (χ4n) is 1.95. The summed E-state index contributed by atoms with van der Waals surface area (Å²) in [4.78, 5) is 0. The molecule has 0 aromatic heterocycles. The van der Waals surface area contributed by atoms with E-state index >= 15 is 0 Å². The summed E-state index contributed by atoms with van der Waals surface area (Å²) in [5, 5.41) is 4.33. The van der Waals surface area contributed by atoms with Crippen molar-refractivity contribution in [3.05, 3.63) is 68.7 Å². The van der Waals surface area contributed by atoms with Gasteiger partial charge in [-0.3, -0.25) is 0 Å². The molecule has 0 fully saturated rings. The van der Waals surface area contributed by atoms with E-state index < -0.39 is 0 Å². The second-order valence-corrected chi connectivity index (χ2v) is 6.08. The molecule has 0 saturated heterocycles. The molecule has 0 radical (unpaired) electrons. The molecular formula is C16H17BrClN. The van der Waals surface area contributed by atoms with Crippen molar-refractivity contribution in [1.82, 2.24) is 5.32 Å². The molecule has 0 aliphatic rings. The van der Waals surface area contributed by atoms with Crippen LogP contribution in [0.2, 0.25) is 5.02 Å². The summed E-state index contributed by atoms with van der Waals surface area (Å²) in [6.07, 6.45) is 0. The Morgan fingerprint density at radius 3 is 2.68 bits per heavy atom. The Labute approximate surface area is 128 Å². The lowest BCUT2D eigenvalue weighted by molar-refractivity contribution is 0.574. The summed E-state index contributed by atoms with van der Waals surface area (Å²) in [5.74, 6) is 0. The summed E-state index contributed by atoms with van der Waals surface area (Å²) < 4.78 is 1.10. The summed E-state index contributed by atoms with van der Waals surface area (Å²) >= 11 is 9.73. The Balaban J connectivity index is 2.02. The van der Waals surface area contributed by atoms with Gasteiger partial charge < -0.3 is 5.32 Å². The third kappa shape index (κ3) is 4.07. The number of halogens is 2. The van der Waals surface area contributed by atoms with Crippen LogP contribution >= 0.6 is 27.5 Å². The number of nitrogens with one attached hydrogen (secondary N) is 1. The van der Waals surface area contributed by atoms with E-state index in [1.54, 1.807) is 0 Å². The fourth-order valence-corrected chi connectivity index (χ4v) is 2.67. The van der Waals surface area contributed by atoms with E-state index in [0.717, 1.165) is 21.6 Å². The van der Waals surface area contributed by atoms with Crippen LogP contribution in [-0.4, -0.2) is 0 Å². The fraction of sp³-hybridized carbons (Fsp3) is 0.250. The molecule has 2 aromatic rings. The first-order valence-electron chi connectivity index (χ1n) is 6.30. The Hall–Kier alpha value is -0.830. The predicted molar refractivity (Wildman–Crippen MR) is 85.6 cm³/mol. The Bertz CT molecular complexity index is 568. The highest BCUT2D eigenvalue weighted by molar-refractivity contribution is 9.10. The normalized spacial score (nSPS) is 12.4. The SMILES string of the molecule is Cc1ccc(CNC(C)c2cccc(Br)c2)c(Cl)c1. The van der Waals surface area contributed by atoms with Crippen molar-refractivity contribution in [3.8, 4) is 0 Å². The van der Waals surface area contributed by atoms with Crippen molar-refractivity contribution in [2.24, 2.45) is 0 Å². The molecule has 0 amide bonds. The average Bonchev–Trinajstić information content (AvgIpc) is 2.37. The van der Waals surface area contributed by atoms with Crippen molar-refractivity contribution in [3.63, 3.8) is 0 Å². The van der Waals surface area contributed by atoms with Gasteiger partial charge in [0.05, 0.1) is 0 Å². The first kappa shape index (κ1) is 14.6. The van der Waals surface area contributed by atoms with Crippen LogP contribution in [0.5, 0.6) is 0 Å². The first-order valence-corrected chi connectivity index (χ1v) is 7.47. The summed E-state index contributed by atoms with van der Waals surface area (Å²) in [6, 6.07) is 14.8. The van der Waals surface area contributed by atoms with E-state index in [1.807, 2.05) is 19.1 Å². The van der Waals surface area contributed by atoms with Gasteiger partial charge in [-0.25, -0.2) is 0 Å². The van der Waals surface area contributed by atoms with E-state index in [2.05, 4.69) is 58.5 Å². The van der Waals surface area contributed by atoms with E-state index in [9.17, 15) is 0 Å². The monoisotopic (exact) mass is 337 g/mol. The van der Waals surface area contributed by atoms with Crippen molar-refractivity contribution < 1.29 is 0 Å². The molecule has 1 atom stereocenters. The molecule has 2 aromatic carbocycles. The quantitative estimate of drug-likeness (QED) is 0.801. The van der Waals surface area contributed by atoms with Gasteiger partial charge in [-0.15, -0.1) is 0 Å². The maximum atomic E-state index is 6.24. The molecule has 100 valence electrons. The van der Waals surface area contributed by atoms with Crippen LogP contribution in [0.4, 0.5) is 0 Å². The molecule has 2 rings (SSSR count). The minimum absolute atomic E-state index is 0.287. The van der Waals surface area contributed by atoms with E-state index in [-0.39, 0.29) is 6.04 Å². The zero-order valence-electron chi connectivity index (χ0n) is 11.1. The van der Waals surface area contributed by atoms with E-state index in [1.165, 1.54) is 11.1 Å². The molecule has 0 heterocycles. The first-order chi connectivity index (χ1) is 9.06. The highest BCUT2D eigenvalue weighted by atomic mass is 79.9. The number of hydrogen-bond donors (Lipinski definition) is 1. The molecule has 0 bridgehead atoms. The molecule has 3 heteroatoms. The number of hydrogen-bond acceptors (Lipinski definition) is 1. The highest BCUT2D eigenvalue weighted by Crippen LogP contribution is 2.21. The van der Waals surface area contributed by atoms with Gasteiger partial charge in [-0.1, -0.05) is 51.8 Å². The number of aryl methyl sites for hydroxylation is 1. The molecule has 0 saturated carbocycles. The Morgan fingerprint density at radius 2 is 2.00 bits per heavy atom. The van der Waals surface area contributed by atoms with Gasteiger partial charge in [-0.2, -0.15) is 0 Å². The van der Waals surface area contributed by atoms with Crippen LogP contribution in [0.1, 0.15) is 29.7 Å². The van der Waals surface area contributed by atoms with E-state index in [4.69, 9.17) is 11.6 Å². The van der Waals surface area contributed by atoms with Crippen molar-refractivity contribution in [2.75, 3.05) is 0 Å². The lowest BCUT2D eigenvalue weighted by Crippen LogP contribution is -2.18. The second kappa shape index (κ2) is 6.56. The van der Waals surface area contributed by atoms with Crippen LogP contribution in [0.3, 0.4) is 0 Å². The van der Waals surface area contributed by atoms with Crippen molar-refractivity contribution >= 4 is 27.5 Å². The van der Waals surface area contributed by atoms with Crippen molar-refractivity contribution in [1.29, 1.82) is 0 Å². The van der Waals surface area contributed by atoms with Gasteiger partial charge >= 0.3 is 0 Å².